The summed E-state index contributed by atoms with van der Waals surface area (Å²) < 4.78 is 28.3. The van der Waals surface area contributed by atoms with Crippen molar-refractivity contribution in [2.75, 3.05) is 6.61 Å². The van der Waals surface area contributed by atoms with Gasteiger partial charge in [-0.2, -0.15) is 8.42 Å². The number of hydrogen-bond acceptors (Lipinski definition) is 3. The molecule has 0 aromatic rings. The summed E-state index contributed by atoms with van der Waals surface area (Å²) in [7, 11) is -3.43. The standard InChI is InChI=1S/C28H48O3S/c1-23(2)13-9-14-25(5)15-10-16-26(6)17-11-18-27(7)19-12-20-28(8)21-22-31-32(29,30)24(3)4/h13,15,17,19,21,24H,9-12,14,16,18,20,22H2,1-8H3. The zero-order chi connectivity index (χ0) is 24.6. The molecule has 0 heterocycles. The van der Waals surface area contributed by atoms with Crippen LogP contribution in [-0.4, -0.2) is 20.3 Å². The molecule has 0 bridgehead atoms. The Balaban J connectivity index is 4.17. The molecule has 184 valence electrons. The van der Waals surface area contributed by atoms with E-state index in [0.717, 1.165) is 56.9 Å². The monoisotopic (exact) mass is 464 g/mol. The van der Waals surface area contributed by atoms with Gasteiger partial charge in [0.25, 0.3) is 10.1 Å². The van der Waals surface area contributed by atoms with Crippen LogP contribution in [0.4, 0.5) is 0 Å². The first-order valence-corrected chi connectivity index (χ1v) is 13.5. The van der Waals surface area contributed by atoms with Crippen molar-refractivity contribution in [1.82, 2.24) is 0 Å². The Morgan fingerprint density at radius 3 is 1.31 bits per heavy atom. The molecule has 0 aliphatic heterocycles. The zero-order valence-corrected chi connectivity index (χ0v) is 22.8. The van der Waals surface area contributed by atoms with Crippen molar-refractivity contribution < 1.29 is 12.6 Å². The highest BCUT2D eigenvalue weighted by atomic mass is 32.2. The number of rotatable bonds is 16. The van der Waals surface area contributed by atoms with E-state index in [1.807, 2.05) is 13.0 Å². The quantitative estimate of drug-likeness (QED) is 0.170. The summed E-state index contributed by atoms with van der Waals surface area (Å²) in [6.07, 6.45) is 19.9. The van der Waals surface area contributed by atoms with Crippen molar-refractivity contribution in [3.05, 3.63) is 58.2 Å². The van der Waals surface area contributed by atoms with Crippen LogP contribution in [0.25, 0.3) is 0 Å². The molecule has 0 atom stereocenters. The van der Waals surface area contributed by atoms with E-state index in [-0.39, 0.29) is 6.61 Å². The van der Waals surface area contributed by atoms with Gasteiger partial charge in [-0.3, -0.25) is 4.18 Å². The average molecular weight is 465 g/mol. The molecule has 32 heavy (non-hydrogen) atoms. The maximum absolute atomic E-state index is 11.6. The van der Waals surface area contributed by atoms with Gasteiger partial charge in [0.15, 0.2) is 0 Å². The fraction of sp³-hybridized carbons (Fsp3) is 0.643. The molecule has 0 spiro atoms. The topological polar surface area (TPSA) is 43.4 Å². The van der Waals surface area contributed by atoms with E-state index in [2.05, 4.69) is 58.9 Å². The fourth-order valence-corrected chi connectivity index (χ4v) is 3.57. The molecular weight excluding hydrogens is 416 g/mol. The first-order chi connectivity index (χ1) is 14.9. The van der Waals surface area contributed by atoms with E-state index in [0.29, 0.717) is 0 Å². The molecule has 0 aromatic carbocycles. The van der Waals surface area contributed by atoms with Gasteiger partial charge in [0.1, 0.15) is 0 Å². The highest BCUT2D eigenvalue weighted by Gasteiger charge is 2.15. The second-order valence-electron chi connectivity index (χ2n) is 9.46. The molecule has 0 aliphatic carbocycles. The van der Waals surface area contributed by atoms with Gasteiger partial charge in [0.2, 0.25) is 0 Å². The molecule has 0 fully saturated rings. The van der Waals surface area contributed by atoms with E-state index >= 15 is 0 Å². The molecule has 0 amide bonds. The minimum Gasteiger partial charge on any atom is -0.266 e. The molecule has 0 unspecified atom stereocenters. The van der Waals surface area contributed by atoms with Crippen LogP contribution in [0.2, 0.25) is 0 Å². The third kappa shape index (κ3) is 17.2. The Labute approximate surface area is 199 Å². The highest BCUT2D eigenvalue weighted by molar-refractivity contribution is 7.87. The maximum Gasteiger partial charge on any atom is 0.269 e. The molecule has 0 N–H and O–H groups in total. The summed E-state index contributed by atoms with van der Waals surface area (Å²) in [4.78, 5) is 0. The molecule has 0 radical (unpaired) electrons. The molecule has 0 saturated carbocycles. The molecule has 0 saturated heterocycles. The van der Waals surface area contributed by atoms with Crippen molar-refractivity contribution in [2.45, 2.75) is 112 Å². The minimum atomic E-state index is -3.43. The first kappa shape index (κ1) is 30.6. The van der Waals surface area contributed by atoms with Crippen LogP contribution in [0.3, 0.4) is 0 Å². The molecule has 0 rings (SSSR count). The Morgan fingerprint density at radius 2 is 0.969 bits per heavy atom. The lowest BCUT2D eigenvalue weighted by Crippen LogP contribution is -2.17. The summed E-state index contributed by atoms with van der Waals surface area (Å²) in [6, 6.07) is 0. The SMILES string of the molecule is CC(C)=CCCC(C)=CCCC(C)=CCCC(C)=CCCC(C)=CCOS(=O)(=O)C(C)C. The minimum absolute atomic E-state index is 0.128. The van der Waals surface area contributed by atoms with Crippen molar-refractivity contribution in [1.29, 1.82) is 0 Å². The van der Waals surface area contributed by atoms with Gasteiger partial charge in [0, 0.05) is 0 Å². The summed E-state index contributed by atoms with van der Waals surface area (Å²) in [5.74, 6) is 0. The summed E-state index contributed by atoms with van der Waals surface area (Å²) in [5.41, 5.74) is 6.94. The van der Waals surface area contributed by atoms with Gasteiger partial charge in [-0.15, -0.1) is 0 Å². The van der Waals surface area contributed by atoms with Gasteiger partial charge in [-0.05, 0) is 107 Å². The predicted octanol–water partition coefficient (Wildman–Crippen LogP) is 8.61. The van der Waals surface area contributed by atoms with Crippen molar-refractivity contribution in [2.24, 2.45) is 0 Å². The van der Waals surface area contributed by atoms with Crippen molar-refractivity contribution >= 4 is 10.1 Å². The lowest BCUT2D eigenvalue weighted by molar-refractivity contribution is 0.351. The van der Waals surface area contributed by atoms with E-state index in [1.165, 1.54) is 22.3 Å². The Bertz CT molecular complexity index is 787. The van der Waals surface area contributed by atoms with Gasteiger partial charge in [-0.1, -0.05) is 58.2 Å². The summed E-state index contributed by atoms with van der Waals surface area (Å²) in [5, 5.41) is -0.502. The summed E-state index contributed by atoms with van der Waals surface area (Å²) >= 11 is 0. The van der Waals surface area contributed by atoms with Crippen LogP contribution in [0.15, 0.2) is 58.2 Å². The van der Waals surface area contributed by atoms with E-state index in [9.17, 15) is 8.42 Å². The second kappa shape index (κ2) is 17.1. The smallest absolute Gasteiger partial charge is 0.266 e. The van der Waals surface area contributed by atoms with Crippen molar-refractivity contribution in [3.63, 3.8) is 0 Å². The van der Waals surface area contributed by atoms with Crippen LogP contribution in [0.1, 0.15) is 107 Å². The van der Waals surface area contributed by atoms with Gasteiger partial charge in [0.05, 0.1) is 11.9 Å². The Kier molecular flexibility index (Phi) is 16.4. The third-order valence-electron chi connectivity index (χ3n) is 5.43. The first-order valence-electron chi connectivity index (χ1n) is 12.1. The number of hydrogen-bond donors (Lipinski definition) is 0. The lowest BCUT2D eigenvalue weighted by Gasteiger charge is -2.06. The molecule has 0 aliphatic rings. The number of allylic oxidation sites excluding steroid dienone is 9. The third-order valence-corrected chi connectivity index (χ3v) is 7.05. The van der Waals surface area contributed by atoms with Gasteiger partial charge >= 0.3 is 0 Å². The van der Waals surface area contributed by atoms with Crippen LogP contribution in [0.5, 0.6) is 0 Å². The van der Waals surface area contributed by atoms with Gasteiger partial charge in [-0.25, -0.2) is 0 Å². The molecule has 4 heteroatoms. The van der Waals surface area contributed by atoms with E-state index in [1.54, 1.807) is 13.8 Å². The lowest BCUT2D eigenvalue weighted by atomic mass is 10.0. The van der Waals surface area contributed by atoms with Crippen molar-refractivity contribution in [3.8, 4) is 0 Å². The average Bonchev–Trinajstić information content (AvgIpc) is 2.67. The van der Waals surface area contributed by atoms with E-state index in [4.69, 9.17) is 4.18 Å². The van der Waals surface area contributed by atoms with Crippen LogP contribution in [-0.2, 0) is 14.3 Å². The second-order valence-corrected chi connectivity index (χ2v) is 11.6. The van der Waals surface area contributed by atoms with Gasteiger partial charge < -0.3 is 0 Å². The predicted molar refractivity (Wildman–Crippen MR) is 141 cm³/mol. The Morgan fingerprint density at radius 1 is 0.625 bits per heavy atom. The zero-order valence-electron chi connectivity index (χ0n) is 22.0. The van der Waals surface area contributed by atoms with Crippen LogP contribution in [0, 0.1) is 0 Å². The Hall–Kier alpha value is -1.39. The van der Waals surface area contributed by atoms with Crippen LogP contribution < -0.4 is 0 Å². The largest absolute Gasteiger partial charge is 0.269 e. The van der Waals surface area contributed by atoms with E-state index < -0.39 is 15.4 Å². The maximum atomic E-state index is 11.6. The van der Waals surface area contributed by atoms with Crippen LogP contribution >= 0.6 is 0 Å². The summed E-state index contributed by atoms with van der Waals surface area (Å²) in [6.45, 7) is 16.4. The molecule has 0 aromatic heterocycles. The highest BCUT2D eigenvalue weighted by Crippen LogP contribution is 2.15. The molecular formula is C28H48O3S. The molecule has 3 nitrogen and oxygen atoms in total. The normalized spacial score (nSPS) is 14.3. The fourth-order valence-electron chi connectivity index (χ4n) is 3.04.